The topological polar surface area (TPSA) is 12.0 Å². The summed E-state index contributed by atoms with van der Waals surface area (Å²) >= 11 is 3.56. The number of halogens is 1. The summed E-state index contributed by atoms with van der Waals surface area (Å²) in [6.45, 7) is 2.22. The van der Waals surface area contributed by atoms with Crippen LogP contribution in [0, 0.1) is 12.8 Å². The van der Waals surface area contributed by atoms with Gasteiger partial charge < -0.3 is 5.32 Å². The first-order chi connectivity index (χ1) is 8.72. The van der Waals surface area contributed by atoms with Crippen LogP contribution >= 0.6 is 15.9 Å². The second-order valence-corrected chi connectivity index (χ2v) is 6.43. The highest BCUT2D eigenvalue weighted by Gasteiger charge is 2.23. The Kier molecular flexibility index (Phi) is 5.25. The predicted molar refractivity (Wildman–Crippen MR) is 81.9 cm³/mol. The Morgan fingerprint density at radius 3 is 2.39 bits per heavy atom. The van der Waals surface area contributed by atoms with E-state index in [-0.39, 0.29) is 0 Å². The Labute approximate surface area is 119 Å². The minimum absolute atomic E-state index is 0.524. The minimum atomic E-state index is 0.524. The molecule has 0 radical (unpaired) electrons. The number of rotatable bonds is 3. The highest BCUT2D eigenvalue weighted by Crippen LogP contribution is 2.35. The number of nitrogens with one attached hydrogen (secondary N) is 1. The highest BCUT2D eigenvalue weighted by atomic mass is 79.9. The molecule has 1 aliphatic carbocycles. The van der Waals surface area contributed by atoms with E-state index in [4.69, 9.17) is 0 Å². The molecule has 2 rings (SSSR count). The lowest BCUT2D eigenvalue weighted by molar-refractivity contribution is 0.340. The first-order valence-corrected chi connectivity index (χ1v) is 7.95. The van der Waals surface area contributed by atoms with Crippen molar-refractivity contribution in [1.29, 1.82) is 0 Å². The highest BCUT2D eigenvalue weighted by molar-refractivity contribution is 9.10. The van der Waals surface area contributed by atoms with Crippen LogP contribution in [0.1, 0.15) is 55.7 Å². The largest absolute Gasteiger partial charge is 0.313 e. The smallest absolute Gasteiger partial charge is 0.0348 e. The molecule has 0 aromatic heterocycles. The van der Waals surface area contributed by atoms with Crippen LogP contribution in [0.25, 0.3) is 0 Å². The zero-order valence-electron chi connectivity index (χ0n) is 11.5. The molecule has 1 saturated carbocycles. The van der Waals surface area contributed by atoms with Crippen molar-refractivity contribution in [2.45, 2.75) is 51.5 Å². The van der Waals surface area contributed by atoms with Gasteiger partial charge in [-0.3, -0.25) is 0 Å². The van der Waals surface area contributed by atoms with Gasteiger partial charge in [0.2, 0.25) is 0 Å². The van der Waals surface area contributed by atoms with Crippen molar-refractivity contribution in [2.75, 3.05) is 7.05 Å². The maximum absolute atomic E-state index is 3.56. The van der Waals surface area contributed by atoms with Gasteiger partial charge in [-0.1, -0.05) is 47.7 Å². The fourth-order valence-electron chi connectivity index (χ4n) is 3.28. The van der Waals surface area contributed by atoms with Gasteiger partial charge in [0, 0.05) is 10.5 Å². The van der Waals surface area contributed by atoms with E-state index in [2.05, 4.69) is 53.4 Å². The van der Waals surface area contributed by atoms with Crippen LogP contribution < -0.4 is 5.32 Å². The second-order valence-electron chi connectivity index (χ2n) is 5.52. The average Bonchev–Trinajstić information content (AvgIpc) is 2.62. The molecule has 0 saturated heterocycles. The molecular weight excluding hydrogens is 286 g/mol. The fourth-order valence-corrected chi connectivity index (χ4v) is 3.75. The van der Waals surface area contributed by atoms with E-state index in [0.29, 0.717) is 6.04 Å². The van der Waals surface area contributed by atoms with E-state index in [0.717, 1.165) is 5.92 Å². The van der Waals surface area contributed by atoms with Gasteiger partial charge in [-0.2, -0.15) is 0 Å². The predicted octanol–water partition coefficient (Wildman–Crippen LogP) is 4.99. The number of benzene rings is 1. The lowest BCUT2D eigenvalue weighted by Gasteiger charge is -2.27. The lowest BCUT2D eigenvalue weighted by atomic mass is 9.85. The van der Waals surface area contributed by atoms with E-state index >= 15 is 0 Å². The normalized spacial score (nSPS) is 19.5. The summed E-state index contributed by atoms with van der Waals surface area (Å²) in [4.78, 5) is 0. The molecule has 100 valence electrons. The molecular formula is C16H24BrN. The number of hydrogen-bond donors (Lipinski definition) is 1. The first-order valence-electron chi connectivity index (χ1n) is 7.15. The quantitative estimate of drug-likeness (QED) is 0.776. The zero-order valence-corrected chi connectivity index (χ0v) is 13.1. The summed E-state index contributed by atoms with van der Waals surface area (Å²) in [6, 6.07) is 7.21. The summed E-state index contributed by atoms with van der Waals surface area (Å²) in [5.41, 5.74) is 2.88. The van der Waals surface area contributed by atoms with Crippen molar-refractivity contribution >= 4 is 15.9 Å². The Morgan fingerprint density at radius 1 is 1.17 bits per heavy atom. The summed E-state index contributed by atoms with van der Waals surface area (Å²) in [7, 11) is 2.11. The Morgan fingerprint density at radius 2 is 1.83 bits per heavy atom. The second kappa shape index (κ2) is 6.72. The van der Waals surface area contributed by atoms with Crippen LogP contribution in [0.5, 0.6) is 0 Å². The molecule has 0 bridgehead atoms. The summed E-state index contributed by atoms with van der Waals surface area (Å²) in [6.07, 6.45) is 8.40. The van der Waals surface area contributed by atoms with Crippen LogP contribution in [0.15, 0.2) is 22.7 Å². The Bertz CT molecular complexity index is 381. The lowest BCUT2D eigenvalue weighted by Crippen LogP contribution is -2.25. The SMILES string of the molecule is CNC(c1ccc(Br)cc1C)C1CCCCCC1. The van der Waals surface area contributed by atoms with Gasteiger partial charge in [0.1, 0.15) is 0 Å². The van der Waals surface area contributed by atoms with Crippen LogP contribution in [0.4, 0.5) is 0 Å². The number of hydrogen-bond acceptors (Lipinski definition) is 1. The molecule has 18 heavy (non-hydrogen) atoms. The fraction of sp³-hybridized carbons (Fsp3) is 0.625. The van der Waals surface area contributed by atoms with Gasteiger partial charge in [-0.15, -0.1) is 0 Å². The van der Waals surface area contributed by atoms with Gasteiger partial charge in [-0.05, 0) is 56.0 Å². The van der Waals surface area contributed by atoms with Crippen molar-refractivity contribution in [3.63, 3.8) is 0 Å². The van der Waals surface area contributed by atoms with Crippen molar-refractivity contribution < 1.29 is 0 Å². The van der Waals surface area contributed by atoms with E-state index in [1.165, 1.54) is 54.1 Å². The Balaban J connectivity index is 2.20. The molecule has 1 aromatic rings. The molecule has 1 atom stereocenters. The average molecular weight is 310 g/mol. The molecule has 0 amide bonds. The van der Waals surface area contributed by atoms with Gasteiger partial charge in [0.05, 0.1) is 0 Å². The molecule has 1 N–H and O–H groups in total. The summed E-state index contributed by atoms with van der Waals surface area (Å²) in [5.74, 6) is 0.803. The van der Waals surface area contributed by atoms with Gasteiger partial charge in [0.15, 0.2) is 0 Å². The summed E-state index contributed by atoms with van der Waals surface area (Å²) < 4.78 is 1.18. The molecule has 0 heterocycles. The molecule has 1 fully saturated rings. The van der Waals surface area contributed by atoms with Crippen molar-refractivity contribution in [3.8, 4) is 0 Å². The van der Waals surface area contributed by atoms with Crippen LogP contribution in [0.2, 0.25) is 0 Å². The summed E-state index contributed by atoms with van der Waals surface area (Å²) in [5, 5.41) is 3.56. The third-order valence-electron chi connectivity index (χ3n) is 4.25. The van der Waals surface area contributed by atoms with E-state index in [1.54, 1.807) is 0 Å². The van der Waals surface area contributed by atoms with Gasteiger partial charge >= 0.3 is 0 Å². The molecule has 0 spiro atoms. The third kappa shape index (κ3) is 3.36. The van der Waals surface area contributed by atoms with E-state index < -0.39 is 0 Å². The maximum atomic E-state index is 3.56. The minimum Gasteiger partial charge on any atom is -0.313 e. The van der Waals surface area contributed by atoms with Crippen molar-refractivity contribution in [1.82, 2.24) is 5.32 Å². The van der Waals surface area contributed by atoms with Crippen LogP contribution in [-0.4, -0.2) is 7.05 Å². The van der Waals surface area contributed by atoms with E-state index in [1.807, 2.05) is 0 Å². The van der Waals surface area contributed by atoms with Crippen molar-refractivity contribution in [3.05, 3.63) is 33.8 Å². The molecule has 2 heteroatoms. The van der Waals surface area contributed by atoms with E-state index in [9.17, 15) is 0 Å². The van der Waals surface area contributed by atoms with Crippen molar-refractivity contribution in [2.24, 2.45) is 5.92 Å². The van der Waals surface area contributed by atoms with Crippen LogP contribution in [0.3, 0.4) is 0 Å². The van der Waals surface area contributed by atoms with Crippen LogP contribution in [-0.2, 0) is 0 Å². The maximum Gasteiger partial charge on any atom is 0.0348 e. The molecule has 1 aliphatic rings. The standard InChI is InChI=1S/C16H24BrN/c1-12-11-14(17)9-10-15(12)16(18-2)13-7-5-3-4-6-8-13/h9-11,13,16,18H,3-8H2,1-2H3. The monoisotopic (exact) mass is 309 g/mol. The molecule has 1 nitrogen and oxygen atoms in total. The molecule has 1 aromatic carbocycles. The first kappa shape index (κ1) is 14.1. The number of aryl methyl sites for hydroxylation is 1. The van der Waals surface area contributed by atoms with Gasteiger partial charge in [0.25, 0.3) is 0 Å². The zero-order chi connectivity index (χ0) is 13.0. The molecule has 0 aliphatic heterocycles. The Hall–Kier alpha value is -0.340. The third-order valence-corrected chi connectivity index (χ3v) is 4.74. The molecule has 1 unspecified atom stereocenters. The van der Waals surface area contributed by atoms with Gasteiger partial charge in [-0.25, -0.2) is 0 Å².